The minimum atomic E-state index is -0.536. The summed E-state index contributed by atoms with van der Waals surface area (Å²) in [6, 6.07) is 17.5. The molecule has 0 aliphatic carbocycles. The Hall–Kier alpha value is -3.17. The summed E-state index contributed by atoms with van der Waals surface area (Å²) in [7, 11) is 0. The van der Waals surface area contributed by atoms with Crippen molar-refractivity contribution in [1.82, 2.24) is 0 Å². The number of benzene rings is 3. The average Bonchev–Trinajstić information content (AvgIpc) is 2.81. The second kappa shape index (κ2) is 11.8. The highest BCUT2D eigenvalue weighted by atomic mass is 35.5. The van der Waals surface area contributed by atoms with E-state index in [9.17, 15) is 10.1 Å². The van der Waals surface area contributed by atoms with E-state index in [1.165, 1.54) is 6.08 Å². The van der Waals surface area contributed by atoms with Gasteiger partial charge in [0, 0.05) is 10.7 Å². The fourth-order valence-corrected chi connectivity index (χ4v) is 3.52. The van der Waals surface area contributed by atoms with Gasteiger partial charge in [0.05, 0.1) is 16.7 Å². The Kier molecular flexibility index (Phi) is 8.84. The van der Waals surface area contributed by atoms with Crippen molar-refractivity contribution in [3.8, 4) is 17.6 Å². The van der Waals surface area contributed by atoms with Crippen molar-refractivity contribution in [2.75, 3.05) is 11.9 Å². The fraction of sp³-hybridized carbons (Fsp3) is 0.154. The first kappa shape index (κ1) is 25.5. The van der Waals surface area contributed by atoms with Crippen molar-refractivity contribution in [2.45, 2.75) is 20.5 Å². The number of halogens is 3. The van der Waals surface area contributed by atoms with E-state index in [0.717, 1.165) is 11.1 Å². The third-order valence-electron chi connectivity index (χ3n) is 4.77. The minimum Gasteiger partial charge on any atom is -0.490 e. The van der Waals surface area contributed by atoms with E-state index in [4.69, 9.17) is 44.3 Å². The summed E-state index contributed by atoms with van der Waals surface area (Å²) in [6.07, 6.45) is 1.49. The molecule has 1 N–H and O–H groups in total. The topological polar surface area (TPSA) is 71.3 Å². The number of hydrogen-bond donors (Lipinski definition) is 1. The Morgan fingerprint density at radius 3 is 2.50 bits per heavy atom. The number of rotatable bonds is 8. The van der Waals surface area contributed by atoms with E-state index in [2.05, 4.69) is 5.32 Å². The normalized spacial score (nSPS) is 11.0. The van der Waals surface area contributed by atoms with Crippen LogP contribution in [0.5, 0.6) is 11.5 Å². The number of carbonyl (C=O) groups is 1. The molecule has 3 rings (SSSR count). The molecule has 0 atom stereocenters. The Morgan fingerprint density at radius 2 is 1.79 bits per heavy atom. The molecule has 5 nitrogen and oxygen atoms in total. The number of nitriles is 1. The lowest BCUT2D eigenvalue weighted by Crippen LogP contribution is -2.14. The summed E-state index contributed by atoms with van der Waals surface area (Å²) in [6.45, 7) is 4.37. The van der Waals surface area contributed by atoms with Crippen LogP contribution in [0.1, 0.15) is 23.6 Å². The highest BCUT2D eigenvalue weighted by Crippen LogP contribution is 2.31. The first-order valence-electron chi connectivity index (χ1n) is 10.3. The number of ether oxygens (including phenoxy) is 2. The molecule has 0 aromatic heterocycles. The number of nitrogens with one attached hydrogen (secondary N) is 1. The van der Waals surface area contributed by atoms with Gasteiger partial charge >= 0.3 is 0 Å². The van der Waals surface area contributed by atoms with Crippen LogP contribution < -0.4 is 14.8 Å². The molecule has 1 amide bonds. The maximum Gasteiger partial charge on any atom is 0.266 e. The Labute approximate surface area is 213 Å². The van der Waals surface area contributed by atoms with Crippen molar-refractivity contribution < 1.29 is 14.3 Å². The Bertz CT molecular complexity index is 1280. The molecule has 0 heterocycles. The van der Waals surface area contributed by atoms with Crippen molar-refractivity contribution >= 4 is 52.5 Å². The molecule has 8 heteroatoms. The van der Waals surface area contributed by atoms with Crippen molar-refractivity contribution in [3.63, 3.8) is 0 Å². The SMILES string of the molecule is CCOc1cc(/C=C(\C#N)C(=O)Nc2cc(Cl)ccc2C)ccc1OCc1ccc(Cl)c(Cl)c1. The van der Waals surface area contributed by atoms with Gasteiger partial charge in [0.25, 0.3) is 5.91 Å². The second-order valence-corrected chi connectivity index (χ2v) is 8.51. The van der Waals surface area contributed by atoms with E-state index in [1.807, 2.05) is 26.0 Å². The molecule has 0 fully saturated rings. The lowest BCUT2D eigenvalue weighted by molar-refractivity contribution is -0.112. The zero-order valence-corrected chi connectivity index (χ0v) is 20.8. The van der Waals surface area contributed by atoms with Crippen LogP contribution in [0.3, 0.4) is 0 Å². The zero-order chi connectivity index (χ0) is 24.7. The number of anilines is 1. The van der Waals surface area contributed by atoms with Gasteiger partial charge in [-0.2, -0.15) is 5.26 Å². The second-order valence-electron chi connectivity index (χ2n) is 7.26. The smallest absolute Gasteiger partial charge is 0.266 e. The first-order valence-corrected chi connectivity index (χ1v) is 11.5. The predicted molar refractivity (Wildman–Crippen MR) is 137 cm³/mol. The molecule has 0 saturated carbocycles. The van der Waals surface area contributed by atoms with E-state index < -0.39 is 5.91 Å². The summed E-state index contributed by atoms with van der Waals surface area (Å²) in [4.78, 5) is 12.7. The van der Waals surface area contributed by atoms with Crippen LogP contribution in [-0.4, -0.2) is 12.5 Å². The third-order valence-corrected chi connectivity index (χ3v) is 5.74. The number of hydrogen-bond acceptors (Lipinski definition) is 4. The monoisotopic (exact) mass is 514 g/mol. The number of aryl methyl sites for hydroxylation is 1. The van der Waals surface area contributed by atoms with Gasteiger partial charge in [0.15, 0.2) is 11.5 Å². The van der Waals surface area contributed by atoms with Gasteiger partial charge in [0.2, 0.25) is 0 Å². The van der Waals surface area contributed by atoms with E-state index in [0.29, 0.717) is 44.4 Å². The van der Waals surface area contributed by atoms with Crippen molar-refractivity contribution in [2.24, 2.45) is 0 Å². The van der Waals surface area contributed by atoms with Crippen LogP contribution >= 0.6 is 34.8 Å². The van der Waals surface area contributed by atoms with Crippen LogP contribution in [0.2, 0.25) is 15.1 Å². The molecule has 174 valence electrons. The van der Waals surface area contributed by atoms with Crippen LogP contribution in [0.25, 0.3) is 6.08 Å². The van der Waals surface area contributed by atoms with E-state index in [-0.39, 0.29) is 12.2 Å². The fourth-order valence-electron chi connectivity index (χ4n) is 3.03. The van der Waals surface area contributed by atoms with Gasteiger partial charge in [-0.1, -0.05) is 53.0 Å². The molecule has 0 unspecified atom stereocenters. The molecule has 0 bridgehead atoms. The highest BCUT2D eigenvalue weighted by Gasteiger charge is 2.13. The third kappa shape index (κ3) is 6.68. The summed E-state index contributed by atoms with van der Waals surface area (Å²) in [5.41, 5.74) is 2.77. The van der Waals surface area contributed by atoms with Crippen molar-refractivity contribution in [1.29, 1.82) is 5.26 Å². The molecule has 0 spiro atoms. The molecular formula is C26H21Cl3N2O3. The summed E-state index contributed by atoms with van der Waals surface area (Å²) in [5, 5.41) is 13.7. The molecular weight excluding hydrogens is 495 g/mol. The molecule has 3 aromatic rings. The number of carbonyl (C=O) groups excluding carboxylic acids is 1. The first-order chi connectivity index (χ1) is 16.3. The summed E-state index contributed by atoms with van der Waals surface area (Å²) >= 11 is 18.0. The standard InChI is InChI=1S/C26H21Cl3N2O3/c1-3-33-25-12-17(6-9-24(25)34-15-18-5-8-21(28)22(29)11-18)10-19(14-30)26(32)31-23-13-20(27)7-4-16(23)2/h4-13H,3,15H2,1-2H3,(H,31,32)/b19-10+. The van der Waals surface area contributed by atoms with Crippen LogP contribution in [-0.2, 0) is 11.4 Å². The zero-order valence-electron chi connectivity index (χ0n) is 18.5. The van der Waals surface area contributed by atoms with Crippen LogP contribution in [0.4, 0.5) is 5.69 Å². The predicted octanol–water partition coefficient (Wildman–Crippen LogP) is 7.48. The van der Waals surface area contributed by atoms with Gasteiger partial charge in [0.1, 0.15) is 18.2 Å². The maximum absolute atomic E-state index is 12.7. The number of amides is 1. The maximum atomic E-state index is 12.7. The van der Waals surface area contributed by atoms with E-state index >= 15 is 0 Å². The molecule has 34 heavy (non-hydrogen) atoms. The van der Waals surface area contributed by atoms with Crippen LogP contribution in [0, 0.1) is 18.3 Å². The van der Waals surface area contributed by atoms with Gasteiger partial charge in [-0.3, -0.25) is 4.79 Å². The van der Waals surface area contributed by atoms with Gasteiger partial charge in [-0.15, -0.1) is 0 Å². The molecule has 0 saturated heterocycles. The Morgan fingerprint density at radius 1 is 1.00 bits per heavy atom. The lowest BCUT2D eigenvalue weighted by Gasteiger charge is -2.13. The Balaban J connectivity index is 1.80. The molecule has 3 aromatic carbocycles. The van der Waals surface area contributed by atoms with Gasteiger partial charge in [-0.25, -0.2) is 0 Å². The average molecular weight is 516 g/mol. The molecule has 0 aliphatic heterocycles. The summed E-state index contributed by atoms with van der Waals surface area (Å²) in [5.74, 6) is 0.466. The van der Waals surface area contributed by atoms with Gasteiger partial charge in [-0.05, 0) is 73.0 Å². The number of nitrogens with zero attached hydrogens (tertiary/aromatic N) is 1. The molecule has 0 aliphatic rings. The van der Waals surface area contributed by atoms with Crippen LogP contribution in [0.15, 0.2) is 60.2 Å². The van der Waals surface area contributed by atoms with Crippen molar-refractivity contribution in [3.05, 3.63) is 91.9 Å². The summed E-state index contributed by atoms with van der Waals surface area (Å²) < 4.78 is 11.6. The lowest BCUT2D eigenvalue weighted by atomic mass is 10.1. The highest BCUT2D eigenvalue weighted by molar-refractivity contribution is 6.42. The quantitative estimate of drug-likeness (QED) is 0.249. The minimum absolute atomic E-state index is 0.0636. The van der Waals surface area contributed by atoms with Gasteiger partial charge < -0.3 is 14.8 Å². The largest absolute Gasteiger partial charge is 0.490 e. The molecule has 0 radical (unpaired) electrons. The van der Waals surface area contributed by atoms with E-state index in [1.54, 1.807) is 48.5 Å².